The highest BCUT2D eigenvalue weighted by Gasteiger charge is 2.25. The Labute approximate surface area is 130 Å². The second kappa shape index (κ2) is 8.11. The summed E-state index contributed by atoms with van der Waals surface area (Å²) in [6.07, 6.45) is 0.739. The number of rotatable bonds is 7. The van der Waals surface area contributed by atoms with Gasteiger partial charge in [0.05, 0.1) is 6.61 Å². The van der Waals surface area contributed by atoms with Gasteiger partial charge in [-0.3, -0.25) is 0 Å². The van der Waals surface area contributed by atoms with E-state index in [1.165, 1.54) is 6.07 Å². The lowest BCUT2D eigenvalue weighted by atomic mass is 9.77. The fourth-order valence-corrected chi connectivity index (χ4v) is 2.42. The third-order valence-electron chi connectivity index (χ3n) is 3.58. The molecule has 0 spiro atoms. The van der Waals surface area contributed by atoms with Crippen LogP contribution in [0.25, 0.3) is 0 Å². The van der Waals surface area contributed by atoms with Gasteiger partial charge in [-0.05, 0) is 42.0 Å². The summed E-state index contributed by atoms with van der Waals surface area (Å²) in [6, 6.07) is 5.30. The van der Waals surface area contributed by atoms with E-state index in [1.54, 1.807) is 7.11 Å². The molecule has 1 aromatic carbocycles. The van der Waals surface area contributed by atoms with Gasteiger partial charge in [0.2, 0.25) is 0 Å². The minimum atomic E-state index is -0.134. The van der Waals surface area contributed by atoms with E-state index < -0.39 is 0 Å². The first kappa shape index (κ1) is 17.6. The Kier molecular flexibility index (Phi) is 7.13. The van der Waals surface area contributed by atoms with Crippen LogP contribution in [0.2, 0.25) is 0 Å². The summed E-state index contributed by atoms with van der Waals surface area (Å²) in [4.78, 5) is 0. The van der Waals surface area contributed by atoms with Crippen LogP contribution in [0.1, 0.15) is 26.3 Å². The maximum absolute atomic E-state index is 14.0. The van der Waals surface area contributed by atoms with Crippen molar-refractivity contribution in [3.8, 4) is 0 Å². The van der Waals surface area contributed by atoms with Crippen molar-refractivity contribution in [2.45, 2.75) is 27.2 Å². The molecule has 1 atom stereocenters. The molecule has 1 unspecified atom stereocenters. The van der Waals surface area contributed by atoms with Gasteiger partial charge in [0.1, 0.15) is 5.82 Å². The summed E-state index contributed by atoms with van der Waals surface area (Å²) >= 11 is 3.29. The van der Waals surface area contributed by atoms with Crippen LogP contribution in [0.15, 0.2) is 22.7 Å². The summed E-state index contributed by atoms with van der Waals surface area (Å²) in [7, 11) is 1.69. The van der Waals surface area contributed by atoms with E-state index in [0.29, 0.717) is 12.5 Å². The van der Waals surface area contributed by atoms with Crippen LogP contribution in [0.5, 0.6) is 0 Å². The van der Waals surface area contributed by atoms with Crippen molar-refractivity contribution in [2.75, 3.05) is 26.8 Å². The highest BCUT2D eigenvalue weighted by molar-refractivity contribution is 9.10. The molecular weight excluding hydrogens is 321 g/mol. The van der Waals surface area contributed by atoms with Gasteiger partial charge in [-0.15, -0.1) is 0 Å². The largest absolute Gasteiger partial charge is 0.383 e. The highest BCUT2D eigenvalue weighted by atomic mass is 79.9. The average molecular weight is 346 g/mol. The number of ether oxygens (including phenoxy) is 1. The lowest BCUT2D eigenvalue weighted by Crippen LogP contribution is -2.35. The second-order valence-corrected chi connectivity index (χ2v) is 7.12. The van der Waals surface area contributed by atoms with Gasteiger partial charge in [-0.1, -0.05) is 42.8 Å². The monoisotopic (exact) mass is 345 g/mol. The Hall–Kier alpha value is -0.450. The molecule has 0 bridgehead atoms. The number of nitrogens with one attached hydrogen (secondary N) is 1. The number of hydrogen-bond acceptors (Lipinski definition) is 2. The molecule has 1 rings (SSSR count). The standard InChI is InChI=1S/C16H25BrFNO/c1-16(2,3)13(11-19-7-8-20-4)9-12-5-6-14(17)10-15(12)18/h5-6,10,13,19H,7-9,11H2,1-4H3. The Balaban J connectivity index is 2.69. The minimum Gasteiger partial charge on any atom is -0.383 e. The van der Waals surface area contributed by atoms with Gasteiger partial charge in [-0.25, -0.2) is 4.39 Å². The molecular formula is C16H25BrFNO. The summed E-state index contributed by atoms with van der Waals surface area (Å²) in [5, 5.41) is 3.39. The lowest BCUT2D eigenvalue weighted by Gasteiger charge is -2.31. The molecule has 0 saturated heterocycles. The number of hydrogen-bond donors (Lipinski definition) is 1. The molecule has 0 saturated carbocycles. The number of benzene rings is 1. The molecule has 20 heavy (non-hydrogen) atoms. The van der Waals surface area contributed by atoms with Crippen LogP contribution >= 0.6 is 15.9 Å². The molecule has 0 heterocycles. The fraction of sp³-hybridized carbons (Fsp3) is 0.625. The van der Waals surface area contributed by atoms with E-state index in [4.69, 9.17) is 4.74 Å². The first-order valence-electron chi connectivity index (χ1n) is 6.98. The first-order valence-corrected chi connectivity index (χ1v) is 7.77. The molecule has 0 aromatic heterocycles. The predicted octanol–water partition coefficient (Wildman–Crippen LogP) is 4.03. The molecule has 0 aliphatic heterocycles. The van der Waals surface area contributed by atoms with Crippen LogP contribution in [0.3, 0.4) is 0 Å². The van der Waals surface area contributed by atoms with Crippen LogP contribution in [-0.2, 0) is 11.2 Å². The molecule has 1 aromatic rings. The molecule has 0 aliphatic carbocycles. The number of methoxy groups -OCH3 is 1. The molecule has 0 radical (unpaired) electrons. The Morgan fingerprint density at radius 1 is 1.35 bits per heavy atom. The molecule has 0 fully saturated rings. The van der Waals surface area contributed by atoms with Crippen LogP contribution in [-0.4, -0.2) is 26.8 Å². The van der Waals surface area contributed by atoms with Crippen molar-refractivity contribution in [3.63, 3.8) is 0 Å². The van der Waals surface area contributed by atoms with Gasteiger partial charge < -0.3 is 10.1 Å². The van der Waals surface area contributed by atoms with Crippen molar-refractivity contribution in [1.29, 1.82) is 0 Å². The van der Waals surface area contributed by atoms with E-state index in [2.05, 4.69) is 42.0 Å². The minimum absolute atomic E-state index is 0.125. The molecule has 114 valence electrons. The zero-order chi connectivity index (χ0) is 15.2. The Morgan fingerprint density at radius 3 is 2.60 bits per heavy atom. The summed E-state index contributed by atoms with van der Waals surface area (Å²) < 4.78 is 19.8. The van der Waals surface area contributed by atoms with Crippen molar-refractivity contribution >= 4 is 15.9 Å². The quantitative estimate of drug-likeness (QED) is 0.753. The molecule has 4 heteroatoms. The van der Waals surface area contributed by atoms with Gasteiger partial charge in [-0.2, -0.15) is 0 Å². The van der Waals surface area contributed by atoms with Gasteiger partial charge in [0.15, 0.2) is 0 Å². The lowest BCUT2D eigenvalue weighted by molar-refractivity contribution is 0.186. The summed E-state index contributed by atoms with van der Waals surface area (Å²) in [5.74, 6) is 0.237. The van der Waals surface area contributed by atoms with E-state index in [0.717, 1.165) is 29.5 Å². The predicted molar refractivity (Wildman–Crippen MR) is 85.5 cm³/mol. The van der Waals surface area contributed by atoms with Crippen LogP contribution in [0, 0.1) is 17.2 Å². The van der Waals surface area contributed by atoms with E-state index in [-0.39, 0.29) is 11.2 Å². The van der Waals surface area contributed by atoms with Crippen molar-refractivity contribution in [2.24, 2.45) is 11.3 Å². The van der Waals surface area contributed by atoms with E-state index in [1.807, 2.05) is 12.1 Å². The number of halogens is 2. The highest BCUT2D eigenvalue weighted by Crippen LogP contribution is 2.30. The molecule has 0 aliphatic rings. The molecule has 0 amide bonds. The zero-order valence-electron chi connectivity index (χ0n) is 12.8. The topological polar surface area (TPSA) is 21.3 Å². The Bertz CT molecular complexity index is 417. The SMILES string of the molecule is COCCNCC(Cc1ccc(Br)cc1F)C(C)(C)C. The molecule has 1 N–H and O–H groups in total. The average Bonchev–Trinajstić information content (AvgIpc) is 2.34. The third kappa shape index (κ3) is 5.90. The van der Waals surface area contributed by atoms with Crippen molar-refractivity contribution in [3.05, 3.63) is 34.1 Å². The second-order valence-electron chi connectivity index (χ2n) is 6.20. The van der Waals surface area contributed by atoms with Crippen LogP contribution in [0.4, 0.5) is 4.39 Å². The summed E-state index contributed by atoms with van der Waals surface area (Å²) in [6.45, 7) is 8.99. The van der Waals surface area contributed by atoms with Crippen LogP contribution < -0.4 is 5.32 Å². The maximum atomic E-state index is 14.0. The first-order chi connectivity index (χ1) is 9.34. The van der Waals surface area contributed by atoms with E-state index in [9.17, 15) is 4.39 Å². The maximum Gasteiger partial charge on any atom is 0.127 e. The normalized spacial score (nSPS) is 13.5. The third-order valence-corrected chi connectivity index (χ3v) is 4.07. The Morgan fingerprint density at radius 2 is 2.05 bits per heavy atom. The summed E-state index contributed by atoms with van der Waals surface area (Å²) in [5.41, 5.74) is 0.904. The van der Waals surface area contributed by atoms with Gasteiger partial charge in [0.25, 0.3) is 0 Å². The molecule has 2 nitrogen and oxygen atoms in total. The smallest absolute Gasteiger partial charge is 0.127 e. The van der Waals surface area contributed by atoms with Crippen molar-refractivity contribution < 1.29 is 9.13 Å². The fourth-order valence-electron chi connectivity index (χ4n) is 2.09. The van der Waals surface area contributed by atoms with Crippen molar-refractivity contribution in [1.82, 2.24) is 5.32 Å². The van der Waals surface area contributed by atoms with E-state index >= 15 is 0 Å². The van der Waals surface area contributed by atoms with Gasteiger partial charge in [0, 0.05) is 18.1 Å². The zero-order valence-corrected chi connectivity index (χ0v) is 14.4. The van der Waals surface area contributed by atoms with Gasteiger partial charge >= 0.3 is 0 Å².